The van der Waals surface area contributed by atoms with Crippen molar-refractivity contribution in [2.75, 3.05) is 6.54 Å². The summed E-state index contributed by atoms with van der Waals surface area (Å²) in [6, 6.07) is 5.67. The van der Waals surface area contributed by atoms with Crippen LogP contribution in [0.3, 0.4) is 0 Å². The molecule has 6 heteroatoms. The fourth-order valence-electron chi connectivity index (χ4n) is 2.64. The fraction of sp³-hybridized carbons (Fsp3) is 0.476. The maximum absolute atomic E-state index is 13.2. The van der Waals surface area contributed by atoms with Crippen molar-refractivity contribution in [3.63, 3.8) is 0 Å². The number of aryl methyl sites for hydroxylation is 1. The van der Waals surface area contributed by atoms with E-state index in [2.05, 4.69) is 12.5 Å². The van der Waals surface area contributed by atoms with Gasteiger partial charge in [0.15, 0.2) is 0 Å². The fourth-order valence-corrected chi connectivity index (χ4v) is 4.31. The van der Waals surface area contributed by atoms with E-state index in [4.69, 9.17) is 11.2 Å². The van der Waals surface area contributed by atoms with Gasteiger partial charge in [0, 0.05) is 5.57 Å². The van der Waals surface area contributed by atoms with Gasteiger partial charge < -0.3 is 4.74 Å². The minimum absolute atomic E-state index is 0.0610. The zero-order valence-electron chi connectivity index (χ0n) is 16.9. The van der Waals surface area contributed by atoms with Crippen LogP contribution in [0.15, 0.2) is 41.3 Å². The first kappa shape index (κ1) is 22.9. The smallest absolute Gasteiger partial charge is 0.335 e. The van der Waals surface area contributed by atoms with Crippen molar-refractivity contribution in [3.05, 3.63) is 42.0 Å². The van der Waals surface area contributed by atoms with Gasteiger partial charge in [-0.3, -0.25) is 0 Å². The third-order valence-corrected chi connectivity index (χ3v) is 5.68. The Morgan fingerprint density at radius 2 is 1.78 bits per heavy atom. The molecule has 0 bridgehead atoms. The van der Waals surface area contributed by atoms with Crippen LogP contribution in [0.4, 0.5) is 0 Å². The SMILES string of the molecule is C#CCN([C@H](C(=C)C(=O)OC(C)(C)C)C(C)C)S(=O)(=O)c1ccc(C)cc1. The summed E-state index contributed by atoms with van der Waals surface area (Å²) in [7, 11) is -3.92. The molecule has 0 heterocycles. The quantitative estimate of drug-likeness (QED) is 0.405. The Morgan fingerprint density at radius 1 is 1.26 bits per heavy atom. The number of terminal acetylenes is 1. The van der Waals surface area contributed by atoms with Crippen LogP contribution in [0.2, 0.25) is 0 Å². The Labute approximate surface area is 163 Å². The van der Waals surface area contributed by atoms with Crippen molar-refractivity contribution in [2.24, 2.45) is 5.92 Å². The predicted octanol–water partition coefficient (Wildman–Crippen LogP) is 3.54. The van der Waals surface area contributed by atoms with E-state index in [1.54, 1.807) is 32.9 Å². The molecule has 0 spiro atoms. The highest BCUT2D eigenvalue weighted by Crippen LogP contribution is 2.27. The van der Waals surface area contributed by atoms with Crippen LogP contribution in [0.1, 0.15) is 40.2 Å². The number of hydrogen-bond donors (Lipinski definition) is 0. The van der Waals surface area contributed by atoms with Crippen molar-refractivity contribution < 1.29 is 17.9 Å². The monoisotopic (exact) mass is 391 g/mol. The highest BCUT2D eigenvalue weighted by molar-refractivity contribution is 7.89. The van der Waals surface area contributed by atoms with Crippen molar-refractivity contribution in [3.8, 4) is 12.3 Å². The molecule has 0 aliphatic carbocycles. The van der Waals surface area contributed by atoms with Crippen LogP contribution >= 0.6 is 0 Å². The average Bonchev–Trinajstić information content (AvgIpc) is 2.52. The summed E-state index contributed by atoms with van der Waals surface area (Å²) in [6.07, 6.45) is 5.44. The summed E-state index contributed by atoms with van der Waals surface area (Å²) in [6.45, 7) is 14.4. The summed E-state index contributed by atoms with van der Waals surface area (Å²) >= 11 is 0. The minimum Gasteiger partial charge on any atom is -0.457 e. The van der Waals surface area contributed by atoms with Gasteiger partial charge in [0.1, 0.15) is 5.60 Å². The molecule has 0 aromatic heterocycles. The van der Waals surface area contributed by atoms with Crippen molar-refractivity contribution >= 4 is 16.0 Å². The summed E-state index contributed by atoms with van der Waals surface area (Å²) < 4.78 is 33.0. The first-order valence-electron chi connectivity index (χ1n) is 8.75. The molecule has 0 aliphatic rings. The van der Waals surface area contributed by atoms with Crippen LogP contribution in [0, 0.1) is 25.2 Å². The molecule has 0 aliphatic heterocycles. The molecular formula is C21H29NO4S. The number of esters is 1. The van der Waals surface area contributed by atoms with E-state index in [-0.39, 0.29) is 22.9 Å². The van der Waals surface area contributed by atoms with Crippen molar-refractivity contribution in [1.29, 1.82) is 0 Å². The van der Waals surface area contributed by atoms with Crippen LogP contribution in [-0.2, 0) is 19.6 Å². The molecule has 0 amide bonds. The van der Waals surface area contributed by atoms with Crippen LogP contribution in [0.25, 0.3) is 0 Å². The second-order valence-corrected chi connectivity index (χ2v) is 9.67. The van der Waals surface area contributed by atoms with Crippen LogP contribution in [-0.4, -0.2) is 36.9 Å². The number of rotatable bonds is 7. The number of benzene rings is 1. The van der Waals surface area contributed by atoms with Crippen LogP contribution < -0.4 is 0 Å². The van der Waals surface area contributed by atoms with Crippen molar-refractivity contribution in [1.82, 2.24) is 4.31 Å². The van der Waals surface area contributed by atoms with E-state index < -0.39 is 27.6 Å². The van der Waals surface area contributed by atoms with Gasteiger partial charge in [0.2, 0.25) is 10.0 Å². The number of ether oxygens (including phenoxy) is 1. The average molecular weight is 392 g/mol. The molecule has 1 atom stereocenters. The van der Waals surface area contributed by atoms with E-state index in [9.17, 15) is 13.2 Å². The molecule has 27 heavy (non-hydrogen) atoms. The third-order valence-electron chi connectivity index (χ3n) is 3.83. The summed E-state index contributed by atoms with van der Waals surface area (Å²) in [5.41, 5.74) is 0.288. The number of sulfonamides is 1. The van der Waals surface area contributed by atoms with Gasteiger partial charge in [0.25, 0.3) is 0 Å². The van der Waals surface area contributed by atoms with Gasteiger partial charge in [0.05, 0.1) is 17.5 Å². The van der Waals surface area contributed by atoms with E-state index in [1.165, 1.54) is 12.1 Å². The predicted molar refractivity (Wildman–Crippen MR) is 108 cm³/mol. The molecule has 1 aromatic carbocycles. The Hall–Kier alpha value is -2.10. The zero-order valence-corrected chi connectivity index (χ0v) is 17.8. The maximum atomic E-state index is 13.2. The van der Waals surface area contributed by atoms with Gasteiger partial charge >= 0.3 is 5.97 Å². The van der Waals surface area contributed by atoms with E-state index in [0.29, 0.717) is 0 Å². The van der Waals surface area contributed by atoms with Gasteiger partial charge in [-0.15, -0.1) is 6.42 Å². The molecular weight excluding hydrogens is 362 g/mol. The first-order valence-corrected chi connectivity index (χ1v) is 10.2. The third kappa shape index (κ3) is 5.95. The molecule has 148 valence electrons. The highest BCUT2D eigenvalue weighted by Gasteiger charge is 2.37. The highest BCUT2D eigenvalue weighted by atomic mass is 32.2. The normalized spacial score (nSPS) is 13.3. The molecule has 0 saturated heterocycles. The van der Waals surface area contributed by atoms with E-state index in [0.717, 1.165) is 9.87 Å². The Balaban J connectivity index is 3.38. The molecule has 0 fully saturated rings. The molecule has 0 N–H and O–H groups in total. The molecule has 1 aromatic rings. The van der Waals surface area contributed by atoms with Gasteiger partial charge in [-0.2, -0.15) is 4.31 Å². The van der Waals surface area contributed by atoms with Crippen molar-refractivity contribution in [2.45, 2.75) is 58.1 Å². The number of nitrogens with zero attached hydrogens (tertiary/aromatic N) is 1. The largest absolute Gasteiger partial charge is 0.457 e. The Bertz CT molecular complexity index is 824. The lowest BCUT2D eigenvalue weighted by Crippen LogP contribution is -2.46. The minimum atomic E-state index is -3.92. The Morgan fingerprint density at radius 3 is 2.19 bits per heavy atom. The second kappa shape index (κ2) is 8.73. The number of carbonyl (C=O) groups is 1. The zero-order chi connectivity index (χ0) is 21.0. The lowest BCUT2D eigenvalue weighted by atomic mass is 9.96. The van der Waals surface area contributed by atoms with E-state index >= 15 is 0 Å². The maximum Gasteiger partial charge on any atom is 0.335 e. The lowest BCUT2D eigenvalue weighted by molar-refractivity contribution is -0.150. The number of hydrogen-bond acceptors (Lipinski definition) is 4. The summed E-state index contributed by atoms with van der Waals surface area (Å²) in [4.78, 5) is 12.6. The summed E-state index contributed by atoms with van der Waals surface area (Å²) in [5, 5.41) is 0. The van der Waals surface area contributed by atoms with Gasteiger partial charge in [-0.05, 0) is 45.7 Å². The standard InChI is InChI=1S/C21H29NO4S/c1-9-14-22(27(24,25)18-12-10-16(4)11-13-18)19(15(2)3)17(5)20(23)26-21(6,7)8/h1,10-13,15,19H,5,14H2,2-4,6-8H3/t19-/m0/s1. The van der Waals surface area contributed by atoms with Crippen LogP contribution in [0.5, 0.6) is 0 Å². The van der Waals surface area contributed by atoms with Gasteiger partial charge in [-0.25, -0.2) is 13.2 Å². The second-order valence-electron chi connectivity index (χ2n) is 7.78. The topological polar surface area (TPSA) is 63.7 Å². The first-order chi connectivity index (χ1) is 12.3. The molecule has 0 saturated carbocycles. The van der Waals surface area contributed by atoms with E-state index in [1.807, 2.05) is 20.8 Å². The molecule has 0 radical (unpaired) electrons. The number of carbonyl (C=O) groups excluding carboxylic acids is 1. The Kier molecular flexibility index (Phi) is 7.41. The summed E-state index contributed by atoms with van der Waals surface area (Å²) in [5.74, 6) is 1.51. The molecule has 1 rings (SSSR count). The molecule has 0 unspecified atom stereocenters. The van der Waals surface area contributed by atoms with Gasteiger partial charge in [-0.1, -0.05) is 44.0 Å². The lowest BCUT2D eigenvalue weighted by Gasteiger charge is -2.33. The molecule has 5 nitrogen and oxygen atoms in total.